The minimum Gasteiger partial charge on any atom is -0.397 e. The fourth-order valence-electron chi connectivity index (χ4n) is 2.15. The van der Waals surface area contributed by atoms with Gasteiger partial charge in [0.1, 0.15) is 5.02 Å². The smallest absolute Gasteiger partial charge is 0.169 e. The van der Waals surface area contributed by atoms with Crippen LogP contribution in [0.2, 0.25) is 5.02 Å². The van der Waals surface area contributed by atoms with Crippen LogP contribution in [0.5, 0.6) is 0 Å². The molecule has 1 aromatic rings. The Morgan fingerprint density at radius 1 is 1.50 bits per heavy atom. The molecule has 0 aromatic heterocycles. The van der Waals surface area contributed by atoms with Gasteiger partial charge in [-0.1, -0.05) is 18.5 Å². The van der Waals surface area contributed by atoms with Gasteiger partial charge < -0.3 is 16.4 Å². The van der Waals surface area contributed by atoms with Gasteiger partial charge in [-0.2, -0.15) is 11.8 Å². The van der Waals surface area contributed by atoms with E-state index in [1.54, 1.807) is 0 Å². The van der Waals surface area contributed by atoms with E-state index < -0.39 is 5.82 Å². The van der Waals surface area contributed by atoms with E-state index in [4.69, 9.17) is 23.1 Å². The van der Waals surface area contributed by atoms with E-state index >= 15 is 0 Å². The average molecular weight is 290 g/mol. The van der Waals surface area contributed by atoms with Crippen molar-refractivity contribution in [1.82, 2.24) is 0 Å². The zero-order chi connectivity index (χ0) is 13.3. The number of thioether (sulfide) groups is 1. The van der Waals surface area contributed by atoms with Gasteiger partial charge in [0.2, 0.25) is 0 Å². The van der Waals surface area contributed by atoms with E-state index in [1.165, 1.54) is 6.07 Å². The molecule has 1 fully saturated rings. The third kappa shape index (κ3) is 2.47. The Kier molecular flexibility index (Phi) is 4.12. The molecule has 1 aliphatic rings. The molecular formula is C12H17ClFN3S. The van der Waals surface area contributed by atoms with E-state index in [0.29, 0.717) is 16.6 Å². The average Bonchev–Trinajstić information content (AvgIpc) is 2.36. The van der Waals surface area contributed by atoms with Gasteiger partial charge in [-0.15, -0.1) is 0 Å². The molecule has 3 nitrogen and oxygen atoms in total. The number of hydrogen-bond donors (Lipinski definition) is 2. The zero-order valence-corrected chi connectivity index (χ0v) is 11.8. The summed E-state index contributed by atoms with van der Waals surface area (Å²) < 4.78 is 14.2. The molecule has 0 radical (unpaired) electrons. The molecule has 1 unspecified atom stereocenters. The van der Waals surface area contributed by atoms with Gasteiger partial charge in [0.05, 0.1) is 17.1 Å². The number of benzene rings is 1. The van der Waals surface area contributed by atoms with Gasteiger partial charge in [0.25, 0.3) is 0 Å². The summed E-state index contributed by atoms with van der Waals surface area (Å²) in [5.41, 5.74) is 12.4. The van der Waals surface area contributed by atoms with E-state index in [9.17, 15) is 4.39 Å². The van der Waals surface area contributed by atoms with Crippen molar-refractivity contribution in [3.63, 3.8) is 0 Å². The molecule has 2 rings (SSSR count). The molecule has 4 N–H and O–H groups in total. The van der Waals surface area contributed by atoms with E-state index in [-0.39, 0.29) is 10.7 Å². The molecular weight excluding hydrogens is 273 g/mol. The van der Waals surface area contributed by atoms with Gasteiger partial charge in [0, 0.05) is 24.1 Å². The van der Waals surface area contributed by atoms with Gasteiger partial charge in [-0.05, 0) is 12.5 Å². The molecule has 1 atom stereocenters. The molecule has 1 aromatic carbocycles. The summed E-state index contributed by atoms with van der Waals surface area (Å²) in [6, 6.07) is 1.53. The maximum Gasteiger partial charge on any atom is 0.169 e. The van der Waals surface area contributed by atoms with Crippen LogP contribution in [0.3, 0.4) is 0 Å². The van der Waals surface area contributed by atoms with Crippen LogP contribution in [0.15, 0.2) is 6.07 Å². The van der Waals surface area contributed by atoms with Gasteiger partial charge >= 0.3 is 0 Å². The lowest BCUT2D eigenvalue weighted by atomic mass is 10.2. The second-order valence-corrected chi connectivity index (χ2v) is 6.16. The molecule has 0 spiro atoms. The number of nitrogens with two attached hydrogens (primary N) is 2. The van der Waals surface area contributed by atoms with Crippen LogP contribution in [0, 0.1) is 5.82 Å². The van der Waals surface area contributed by atoms with E-state index in [0.717, 1.165) is 25.3 Å². The third-order valence-electron chi connectivity index (χ3n) is 3.15. The van der Waals surface area contributed by atoms with Crippen LogP contribution in [-0.4, -0.2) is 24.1 Å². The maximum absolute atomic E-state index is 14.2. The highest BCUT2D eigenvalue weighted by atomic mass is 35.5. The summed E-state index contributed by atoms with van der Waals surface area (Å²) in [7, 11) is 0. The fraction of sp³-hybridized carbons (Fsp3) is 0.500. The first kappa shape index (κ1) is 13.6. The van der Waals surface area contributed by atoms with Crippen LogP contribution < -0.4 is 16.4 Å². The highest BCUT2D eigenvalue weighted by Gasteiger charge is 2.25. The molecule has 1 saturated heterocycles. The van der Waals surface area contributed by atoms with Crippen LogP contribution in [0.4, 0.5) is 21.5 Å². The quantitative estimate of drug-likeness (QED) is 0.822. The minimum atomic E-state index is -0.504. The first-order chi connectivity index (χ1) is 8.54. The molecule has 1 heterocycles. The lowest BCUT2D eigenvalue weighted by Gasteiger charge is -2.34. The second kappa shape index (κ2) is 5.45. The summed E-state index contributed by atoms with van der Waals surface area (Å²) in [5.74, 6) is 0.468. The highest BCUT2D eigenvalue weighted by molar-refractivity contribution is 8.00. The third-order valence-corrected chi connectivity index (χ3v) is 4.91. The van der Waals surface area contributed by atoms with Crippen LogP contribution in [0.1, 0.15) is 13.3 Å². The number of anilines is 3. The number of hydrogen-bond acceptors (Lipinski definition) is 4. The van der Waals surface area contributed by atoms with Crippen molar-refractivity contribution >= 4 is 40.4 Å². The Morgan fingerprint density at radius 3 is 2.89 bits per heavy atom. The predicted octanol–water partition coefficient (Wildman–Crippen LogP) is 2.98. The topological polar surface area (TPSA) is 55.3 Å². The molecule has 6 heteroatoms. The predicted molar refractivity (Wildman–Crippen MR) is 79.0 cm³/mol. The molecule has 18 heavy (non-hydrogen) atoms. The van der Waals surface area contributed by atoms with Crippen LogP contribution >= 0.6 is 23.4 Å². The summed E-state index contributed by atoms with van der Waals surface area (Å²) in [6.07, 6.45) is 1.06. The first-order valence-corrected chi connectivity index (χ1v) is 7.36. The SMILES string of the molecule is CCC1CN(c2c(N)cc(N)c(Cl)c2F)CCS1. The summed E-state index contributed by atoms with van der Waals surface area (Å²) in [4.78, 5) is 1.97. The minimum absolute atomic E-state index is 0.0366. The van der Waals surface area contributed by atoms with Crippen LogP contribution in [-0.2, 0) is 0 Å². The standard InChI is InChI=1S/C12H17ClFN3S/c1-2-7-6-17(3-4-18-7)12-9(16)5-8(15)10(13)11(12)14/h5,7H,2-4,6,15-16H2,1H3. The largest absolute Gasteiger partial charge is 0.397 e. The highest BCUT2D eigenvalue weighted by Crippen LogP contribution is 2.38. The fourth-order valence-corrected chi connectivity index (χ4v) is 3.47. The molecule has 0 bridgehead atoms. The number of nitrogens with zero attached hydrogens (tertiary/aromatic N) is 1. The number of halogens is 2. The second-order valence-electron chi connectivity index (χ2n) is 4.38. The van der Waals surface area contributed by atoms with Crippen molar-refractivity contribution in [2.75, 3.05) is 35.2 Å². The zero-order valence-electron chi connectivity index (χ0n) is 10.2. The lowest BCUT2D eigenvalue weighted by Crippen LogP contribution is -2.38. The monoisotopic (exact) mass is 289 g/mol. The van der Waals surface area contributed by atoms with Gasteiger partial charge in [-0.3, -0.25) is 0 Å². The lowest BCUT2D eigenvalue weighted by molar-refractivity contribution is 0.615. The first-order valence-electron chi connectivity index (χ1n) is 5.94. The van der Waals surface area contributed by atoms with Crippen molar-refractivity contribution in [1.29, 1.82) is 0 Å². The Bertz CT molecular complexity index is 455. The summed E-state index contributed by atoms with van der Waals surface area (Å²) in [5, 5.41) is 0.472. The summed E-state index contributed by atoms with van der Waals surface area (Å²) in [6.45, 7) is 3.71. The summed E-state index contributed by atoms with van der Waals surface area (Å²) >= 11 is 7.77. The van der Waals surface area contributed by atoms with Gasteiger partial charge in [-0.25, -0.2) is 4.39 Å². The van der Waals surface area contributed by atoms with E-state index in [2.05, 4.69) is 6.92 Å². The Morgan fingerprint density at radius 2 is 2.22 bits per heavy atom. The maximum atomic E-state index is 14.2. The van der Waals surface area contributed by atoms with Gasteiger partial charge in [0.15, 0.2) is 5.82 Å². The number of nitrogen functional groups attached to an aromatic ring is 2. The molecule has 1 aliphatic heterocycles. The van der Waals surface area contributed by atoms with E-state index in [1.807, 2.05) is 16.7 Å². The van der Waals surface area contributed by atoms with Crippen molar-refractivity contribution < 1.29 is 4.39 Å². The molecule has 100 valence electrons. The van der Waals surface area contributed by atoms with Crippen LogP contribution in [0.25, 0.3) is 0 Å². The normalized spacial score (nSPS) is 20.2. The molecule has 0 amide bonds. The Labute approximate surface area is 116 Å². The molecule has 0 saturated carbocycles. The van der Waals surface area contributed by atoms with Crippen molar-refractivity contribution in [2.45, 2.75) is 18.6 Å². The van der Waals surface area contributed by atoms with Crippen molar-refractivity contribution in [2.24, 2.45) is 0 Å². The molecule has 0 aliphatic carbocycles. The number of rotatable bonds is 2. The van der Waals surface area contributed by atoms with Crippen molar-refractivity contribution in [3.8, 4) is 0 Å². The van der Waals surface area contributed by atoms with Crippen molar-refractivity contribution in [3.05, 3.63) is 16.9 Å². The Hall–Kier alpha value is -0.810. The Balaban J connectivity index is 2.35.